The van der Waals surface area contributed by atoms with Gasteiger partial charge in [0.1, 0.15) is 12.2 Å². The van der Waals surface area contributed by atoms with E-state index < -0.39 is 13.2 Å². The Balaban J connectivity index is 1.56. The predicted molar refractivity (Wildman–Crippen MR) is 132 cm³/mol. The summed E-state index contributed by atoms with van der Waals surface area (Å²) in [6, 6.07) is 10.0. The fourth-order valence-electron chi connectivity index (χ4n) is 3.92. The summed E-state index contributed by atoms with van der Waals surface area (Å²) in [5, 5.41) is 4.60. The molecule has 0 spiro atoms. The van der Waals surface area contributed by atoms with Crippen molar-refractivity contribution in [2.24, 2.45) is 0 Å². The Morgan fingerprint density at radius 1 is 1.09 bits per heavy atom. The van der Waals surface area contributed by atoms with Crippen molar-refractivity contribution in [2.45, 2.75) is 71.7 Å². The molecule has 0 radical (unpaired) electrons. The maximum Gasteiger partial charge on any atom is 0.356 e. The van der Waals surface area contributed by atoms with Gasteiger partial charge in [-0.1, -0.05) is 18.2 Å². The van der Waals surface area contributed by atoms with Gasteiger partial charge in [0.2, 0.25) is 5.95 Å². The van der Waals surface area contributed by atoms with Gasteiger partial charge in [-0.15, -0.1) is 0 Å². The molecule has 1 fully saturated rings. The van der Waals surface area contributed by atoms with Crippen LogP contribution in [0.4, 0.5) is 11.6 Å². The van der Waals surface area contributed by atoms with Crippen molar-refractivity contribution in [2.75, 3.05) is 18.3 Å². The summed E-state index contributed by atoms with van der Waals surface area (Å²) in [6.45, 7) is 9.25. The predicted octanol–water partition coefficient (Wildman–Crippen LogP) is 5.29. The molecule has 10 heteroatoms. The standard InChI is InChI=1S/C24H34N5O4P/c1-17(2)32-34(30,33-18(3)4)16-31-24(12-13-24)14-20-15-25-29-22(20)26-19(5)27-23(29)28(6)21-10-8-7-9-11-21/h7-11,15,17-18H,12-14,16H2,1-6H3. The van der Waals surface area contributed by atoms with Crippen molar-refractivity contribution in [3.8, 4) is 0 Å². The minimum absolute atomic E-state index is 0.0709. The van der Waals surface area contributed by atoms with E-state index in [1.165, 1.54) is 0 Å². The molecule has 9 nitrogen and oxygen atoms in total. The first-order chi connectivity index (χ1) is 16.1. The van der Waals surface area contributed by atoms with E-state index in [0.717, 1.165) is 29.7 Å². The van der Waals surface area contributed by atoms with E-state index in [2.05, 4.69) is 15.1 Å². The number of fused-ring (bicyclic) bond motifs is 1. The summed E-state index contributed by atoms with van der Waals surface area (Å²) < 4.78 is 32.5. The first kappa shape index (κ1) is 24.8. The third-order valence-electron chi connectivity index (χ3n) is 5.57. The molecule has 0 saturated heterocycles. The highest BCUT2D eigenvalue weighted by molar-refractivity contribution is 7.53. The Labute approximate surface area is 201 Å². The van der Waals surface area contributed by atoms with Crippen molar-refractivity contribution in [3.05, 3.63) is 47.9 Å². The van der Waals surface area contributed by atoms with Crippen LogP contribution < -0.4 is 4.90 Å². The average Bonchev–Trinajstić information content (AvgIpc) is 3.43. The Bertz CT molecular complexity index is 1160. The zero-order valence-electron chi connectivity index (χ0n) is 20.8. The second kappa shape index (κ2) is 9.74. The molecule has 3 aromatic rings. The molecule has 0 amide bonds. The van der Waals surface area contributed by atoms with Crippen molar-refractivity contribution in [1.82, 2.24) is 19.6 Å². The van der Waals surface area contributed by atoms with Gasteiger partial charge in [-0.25, -0.2) is 4.98 Å². The van der Waals surface area contributed by atoms with Crippen LogP contribution in [-0.2, 0) is 24.8 Å². The fourth-order valence-corrected chi connectivity index (χ4v) is 5.81. The summed E-state index contributed by atoms with van der Waals surface area (Å²) in [6.07, 6.45) is 3.67. The average molecular weight is 488 g/mol. The van der Waals surface area contributed by atoms with Crippen LogP contribution >= 0.6 is 7.60 Å². The van der Waals surface area contributed by atoms with Crippen molar-refractivity contribution in [3.63, 3.8) is 0 Å². The SMILES string of the molecule is Cc1nc(N(C)c2ccccc2)n2ncc(CC3(OCP(=O)(OC(C)C)OC(C)C)CC3)c2n1. The monoisotopic (exact) mass is 487 g/mol. The van der Waals surface area contributed by atoms with Crippen molar-refractivity contribution >= 4 is 24.9 Å². The molecule has 1 saturated carbocycles. The number of para-hydroxylation sites is 1. The number of hydrogen-bond acceptors (Lipinski definition) is 8. The van der Waals surface area contributed by atoms with E-state index in [4.69, 9.17) is 13.8 Å². The number of hydrogen-bond donors (Lipinski definition) is 0. The molecule has 34 heavy (non-hydrogen) atoms. The molecule has 0 N–H and O–H groups in total. The van der Waals surface area contributed by atoms with Gasteiger partial charge >= 0.3 is 7.60 Å². The van der Waals surface area contributed by atoms with Crippen LogP contribution in [-0.4, -0.2) is 50.8 Å². The lowest BCUT2D eigenvalue weighted by Crippen LogP contribution is -2.21. The van der Waals surface area contributed by atoms with E-state index in [9.17, 15) is 4.57 Å². The molecule has 0 atom stereocenters. The first-order valence-electron chi connectivity index (χ1n) is 11.7. The smallest absolute Gasteiger partial charge is 0.356 e. The molecule has 1 aliphatic rings. The number of aromatic nitrogens is 4. The Hall–Kier alpha value is -2.32. The quantitative estimate of drug-likeness (QED) is 0.337. The van der Waals surface area contributed by atoms with E-state index in [1.807, 2.05) is 83.1 Å². The van der Waals surface area contributed by atoms with E-state index in [1.54, 1.807) is 4.52 Å². The van der Waals surface area contributed by atoms with Gasteiger partial charge in [-0.05, 0) is 59.6 Å². The summed E-state index contributed by atoms with van der Waals surface area (Å²) >= 11 is 0. The van der Waals surface area contributed by atoms with Gasteiger partial charge in [-0.3, -0.25) is 4.57 Å². The minimum Gasteiger partial charge on any atom is -0.362 e. The minimum atomic E-state index is -3.36. The number of aryl methyl sites for hydroxylation is 1. The van der Waals surface area contributed by atoms with Crippen LogP contribution in [0.25, 0.3) is 5.65 Å². The number of nitrogens with zero attached hydrogens (tertiary/aromatic N) is 5. The second-order valence-electron chi connectivity index (χ2n) is 9.42. The normalized spacial score (nSPS) is 15.4. The number of benzene rings is 1. The molecular weight excluding hydrogens is 453 g/mol. The molecule has 0 aliphatic heterocycles. The lowest BCUT2D eigenvalue weighted by Gasteiger charge is -2.25. The van der Waals surface area contributed by atoms with Crippen LogP contribution in [0.1, 0.15) is 51.9 Å². The molecule has 2 heterocycles. The van der Waals surface area contributed by atoms with Crippen LogP contribution in [0.5, 0.6) is 0 Å². The second-order valence-corrected chi connectivity index (χ2v) is 11.3. The van der Waals surface area contributed by atoms with Gasteiger partial charge < -0.3 is 18.7 Å². The lowest BCUT2D eigenvalue weighted by molar-refractivity contribution is 0.0379. The molecule has 184 valence electrons. The molecule has 1 aromatic carbocycles. The molecule has 0 unspecified atom stereocenters. The highest BCUT2D eigenvalue weighted by Crippen LogP contribution is 2.54. The van der Waals surface area contributed by atoms with E-state index in [-0.39, 0.29) is 18.6 Å². The molecule has 4 rings (SSSR count). The van der Waals surface area contributed by atoms with E-state index in [0.29, 0.717) is 18.2 Å². The molecule has 1 aliphatic carbocycles. The van der Waals surface area contributed by atoms with Gasteiger partial charge in [0, 0.05) is 24.7 Å². The first-order valence-corrected chi connectivity index (χ1v) is 13.4. The van der Waals surface area contributed by atoms with Gasteiger partial charge in [-0.2, -0.15) is 14.6 Å². The van der Waals surface area contributed by atoms with Crippen molar-refractivity contribution in [1.29, 1.82) is 0 Å². The van der Waals surface area contributed by atoms with E-state index >= 15 is 0 Å². The summed E-state index contributed by atoms with van der Waals surface area (Å²) in [5.74, 6) is 1.35. The largest absolute Gasteiger partial charge is 0.362 e. The van der Waals surface area contributed by atoms with Crippen molar-refractivity contribution < 1.29 is 18.3 Å². The number of rotatable bonds is 11. The van der Waals surface area contributed by atoms with Crippen LogP contribution in [0.2, 0.25) is 0 Å². The Morgan fingerprint density at radius 3 is 2.32 bits per heavy atom. The highest BCUT2D eigenvalue weighted by Gasteiger charge is 2.47. The zero-order valence-corrected chi connectivity index (χ0v) is 21.7. The molecule has 0 bridgehead atoms. The van der Waals surface area contributed by atoms with Gasteiger partial charge in [0.05, 0.1) is 24.0 Å². The maximum atomic E-state index is 13.2. The lowest BCUT2D eigenvalue weighted by atomic mass is 10.1. The topological polar surface area (TPSA) is 91.1 Å². The number of ether oxygens (including phenoxy) is 1. The summed E-state index contributed by atoms with van der Waals surface area (Å²) in [4.78, 5) is 11.3. The third kappa shape index (κ3) is 5.66. The summed E-state index contributed by atoms with van der Waals surface area (Å²) in [7, 11) is -1.40. The van der Waals surface area contributed by atoms with Crippen LogP contribution in [0, 0.1) is 6.92 Å². The molecular formula is C24H34N5O4P. The third-order valence-corrected chi connectivity index (χ3v) is 7.50. The Kier molecular flexibility index (Phi) is 7.10. The van der Waals surface area contributed by atoms with Gasteiger partial charge in [0.15, 0.2) is 5.65 Å². The van der Waals surface area contributed by atoms with Crippen LogP contribution in [0.3, 0.4) is 0 Å². The fraction of sp³-hybridized carbons (Fsp3) is 0.542. The maximum absolute atomic E-state index is 13.2. The Morgan fingerprint density at radius 2 is 1.74 bits per heavy atom. The summed E-state index contributed by atoms with van der Waals surface area (Å²) in [5.41, 5.74) is 2.31. The van der Waals surface area contributed by atoms with Gasteiger partial charge in [0.25, 0.3) is 0 Å². The number of anilines is 2. The highest BCUT2D eigenvalue weighted by atomic mass is 31.2. The molecule has 2 aromatic heterocycles. The zero-order chi connectivity index (χ0) is 24.5. The van der Waals surface area contributed by atoms with Crippen LogP contribution in [0.15, 0.2) is 36.5 Å².